The molecule has 7 aromatic carbocycles. The summed E-state index contributed by atoms with van der Waals surface area (Å²) in [7, 11) is 0. The number of hydrogen-bond donors (Lipinski definition) is 0. The number of fused-ring (bicyclic) bond motifs is 3. The first-order chi connectivity index (χ1) is 24.1. The first-order valence-corrected chi connectivity index (χ1v) is 16.5. The van der Waals surface area contributed by atoms with Gasteiger partial charge in [-0.2, -0.15) is 0 Å². The lowest BCUT2D eigenvalue weighted by atomic mass is 9.97. The van der Waals surface area contributed by atoms with Crippen molar-refractivity contribution < 1.29 is 4.42 Å². The number of anilines is 3. The Labute approximate surface area is 287 Å². The molecule has 49 heavy (non-hydrogen) atoms. The van der Waals surface area contributed by atoms with E-state index in [1.807, 2.05) is 12.1 Å². The van der Waals surface area contributed by atoms with Gasteiger partial charge in [0.05, 0.1) is 0 Å². The Bertz CT molecular complexity index is 2480. The lowest BCUT2D eigenvalue weighted by molar-refractivity contribution is 0.669. The van der Waals surface area contributed by atoms with Gasteiger partial charge in [-0.3, -0.25) is 0 Å². The number of aryl methyl sites for hydroxylation is 1. The molecule has 8 aromatic rings. The van der Waals surface area contributed by atoms with Crippen LogP contribution in [-0.2, 0) is 0 Å². The Balaban J connectivity index is 1.11. The van der Waals surface area contributed by atoms with E-state index in [1.165, 1.54) is 16.7 Å². The van der Waals surface area contributed by atoms with Crippen molar-refractivity contribution in [2.45, 2.75) is 6.92 Å². The predicted octanol–water partition coefficient (Wildman–Crippen LogP) is 13.0. The fourth-order valence-corrected chi connectivity index (χ4v) is 6.53. The maximum Gasteiger partial charge on any atom is 0.136 e. The molecule has 0 N–H and O–H groups in total. The van der Waals surface area contributed by atoms with Crippen molar-refractivity contribution in [3.05, 3.63) is 181 Å². The van der Waals surface area contributed by atoms with Gasteiger partial charge in [-0.15, -0.1) is 6.42 Å². The van der Waals surface area contributed by atoms with Gasteiger partial charge in [0.2, 0.25) is 0 Å². The van der Waals surface area contributed by atoms with E-state index in [9.17, 15) is 0 Å². The van der Waals surface area contributed by atoms with Crippen LogP contribution in [0.15, 0.2) is 174 Å². The summed E-state index contributed by atoms with van der Waals surface area (Å²) in [5.74, 6) is 2.59. The molecule has 0 atom stereocenters. The van der Waals surface area contributed by atoms with Crippen LogP contribution in [-0.4, -0.2) is 0 Å². The second kappa shape index (κ2) is 12.9. The Hall–Kier alpha value is -6.56. The predicted molar refractivity (Wildman–Crippen MR) is 207 cm³/mol. The molecule has 232 valence electrons. The van der Waals surface area contributed by atoms with Gasteiger partial charge in [-0.05, 0) is 130 Å². The summed E-state index contributed by atoms with van der Waals surface area (Å²) in [5.41, 5.74) is 14.3. The Morgan fingerprint density at radius 1 is 0.490 bits per heavy atom. The summed E-state index contributed by atoms with van der Waals surface area (Å²) in [6.07, 6.45) is 9.19. The van der Waals surface area contributed by atoms with Crippen LogP contribution in [0.25, 0.3) is 61.4 Å². The highest BCUT2D eigenvalue weighted by Crippen LogP contribution is 2.38. The molecule has 0 amide bonds. The minimum absolute atomic E-state index is 0.875. The van der Waals surface area contributed by atoms with E-state index in [1.54, 1.807) is 6.08 Å². The second-order valence-corrected chi connectivity index (χ2v) is 12.2. The monoisotopic (exact) mass is 627 g/mol. The summed E-state index contributed by atoms with van der Waals surface area (Å²) in [4.78, 5) is 2.29. The first-order valence-electron chi connectivity index (χ1n) is 16.5. The van der Waals surface area contributed by atoms with Crippen molar-refractivity contribution in [1.82, 2.24) is 0 Å². The minimum atomic E-state index is 0.875. The normalized spacial score (nSPS) is 11.3. The fourth-order valence-electron chi connectivity index (χ4n) is 6.53. The molecule has 1 aromatic heterocycles. The third-order valence-electron chi connectivity index (χ3n) is 9.15. The molecule has 0 bridgehead atoms. The van der Waals surface area contributed by atoms with Gasteiger partial charge < -0.3 is 9.32 Å². The van der Waals surface area contributed by atoms with Gasteiger partial charge in [0.15, 0.2) is 0 Å². The molecule has 0 aliphatic carbocycles. The zero-order valence-corrected chi connectivity index (χ0v) is 27.2. The summed E-state index contributed by atoms with van der Waals surface area (Å²) in [5, 5.41) is 2.21. The van der Waals surface area contributed by atoms with E-state index in [4.69, 9.17) is 10.8 Å². The van der Waals surface area contributed by atoms with Crippen molar-refractivity contribution in [3.63, 3.8) is 0 Å². The molecule has 1 heterocycles. The Kier molecular flexibility index (Phi) is 7.86. The van der Waals surface area contributed by atoms with E-state index >= 15 is 0 Å². The SMILES string of the molecule is C#C/C=C\c1cc(-c2ccc3oc4cc(-c5ccc(N(c6ccccc6)c6ccc(-c7ccccc7)cc6)cc5)ccc4c3c2)ccc1C. The summed E-state index contributed by atoms with van der Waals surface area (Å²) >= 11 is 0. The van der Waals surface area contributed by atoms with Gasteiger partial charge >= 0.3 is 0 Å². The van der Waals surface area contributed by atoms with Crippen LogP contribution in [0.2, 0.25) is 0 Å². The van der Waals surface area contributed by atoms with E-state index in [0.717, 1.165) is 66.8 Å². The number of furan rings is 1. The second-order valence-electron chi connectivity index (χ2n) is 12.2. The molecular weight excluding hydrogens is 595 g/mol. The largest absolute Gasteiger partial charge is 0.456 e. The molecule has 0 aliphatic rings. The van der Waals surface area contributed by atoms with E-state index in [2.05, 4.69) is 175 Å². The molecule has 2 nitrogen and oxygen atoms in total. The van der Waals surface area contributed by atoms with E-state index in [-0.39, 0.29) is 0 Å². The highest BCUT2D eigenvalue weighted by atomic mass is 16.3. The van der Waals surface area contributed by atoms with Gasteiger partial charge in [0.25, 0.3) is 0 Å². The van der Waals surface area contributed by atoms with Crippen LogP contribution in [0.5, 0.6) is 0 Å². The van der Waals surface area contributed by atoms with E-state index in [0.29, 0.717) is 0 Å². The summed E-state index contributed by atoms with van der Waals surface area (Å²) in [6.45, 7) is 2.10. The molecule has 2 heteroatoms. The van der Waals surface area contributed by atoms with Gasteiger partial charge in [-0.25, -0.2) is 0 Å². The van der Waals surface area contributed by atoms with Crippen LogP contribution in [0.1, 0.15) is 11.1 Å². The van der Waals surface area contributed by atoms with Crippen molar-refractivity contribution in [1.29, 1.82) is 0 Å². The fraction of sp³-hybridized carbons (Fsp3) is 0.0213. The van der Waals surface area contributed by atoms with Gasteiger partial charge in [0, 0.05) is 27.8 Å². The van der Waals surface area contributed by atoms with Crippen LogP contribution in [0.4, 0.5) is 17.1 Å². The lowest BCUT2D eigenvalue weighted by Gasteiger charge is -2.26. The number of terminal acetylenes is 1. The van der Waals surface area contributed by atoms with Crippen LogP contribution in [0, 0.1) is 19.3 Å². The Morgan fingerprint density at radius 2 is 1.02 bits per heavy atom. The third kappa shape index (κ3) is 5.91. The molecule has 0 radical (unpaired) electrons. The lowest BCUT2D eigenvalue weighted by Crippen LogP contribution is -2.09. The van der Waals surface area contributed by atoms with Crippen molar-refractivity contribution in [2.75, 3.05) is 4.90 Å². The summed E-state index contributed by atoms with van der Waals surface area (Å²) in [6, 6.07) is 57.9. The van der Waals surface area contributed by atoms with E-state index < -0.39 is 0 Å². The molecule has 0 spiro atoms. The average Bonchev–Trinajstić information content (AvgIpc) is 3.53. The van der Waals surface area contributed by atoms with Gasteiger partial charge in [-0.1, -0.05) is 103 Å². The molecule has 0 aliphatic heterocycles. The number of hydrogen-bond acceptors (Lipinski definition) is 2. The first kappa shape index (κ1) is 29.8. The van der Waals surface area contributed by atoms with Crippen molar-refractivity contribution in [3.8, 4) is 45.7 Å². The van der Waals surface area contributed by atoms with Crippen LogP contribution >= 0.6 is 0 Å². The smallest absolute Gasteiger partial charge is 0.136 e. The number of allylic oxidation sites excluding steroid dienone is 1. The van der Waals surface area contributed by atoms with Gasteiger partial charge in [0.1, 0.15) is 11.2 Å². The zero-order valence-electron chi connectivity index (χ0n) is 27.2. The topological polar surface area (TPSA) is 16.4 Å². The minimum Gasteiger partial charge on any atom is -0.456 e. The third-order valence-corrected chi connectivity index (χ3v) is 9.15. The molecule has 8 rings (SSSR count). The van der Waals surface area contributed by atoms with Crippen molar-refractivity contribution in [2.24, 2.45) is 0 Å². The molecule has 0 fully saturated rings. The molecule has 0 saturated heterocycles. The molecule has 0 unspecified atom stereocenters. The maximum absolute atomic E-state index is 6.38. The summed E-state index contributed by atoms with van der Waals surface area (Å²) < 4.78 is 6.38. The number of nitrogens with zero attached hydrogens (tertiary/aromatic N) is 1. The zero-order chi connectivity index (χ0) is 33.2. The Morgan fingerprint density at radius 3 is 1.71 bits per heavy atom. The van der Waals surface area contributed by atoms with Crippen LogP contribution < -0.4 is 4.90 Å². The standard InChI is InChI=1S/C47H33NO/c1-3-4-11-37-30-38(17-16-33(37)2)39-23-29-46-45(31-39)44-28-22-40(32-47(44)49-46)36-20-26-43(27-21-36)48(41-14-9-6-10-15-41)42-24-18-35(19-25-42)34-12-7-5-8-13-34/h1,4-32H,2H3/b11-4-. The molecular formula is C47H33NO. The average molecular weight is 628 g/mol. The number of para-hydroxylation sites is 1. The highest BCUT2D eigenvalue weighted by molar-refractivity contribution is 6.07. The maximum atomic E-state index is 6.38. The number of benzene rings is 7. The van der Waals surface area contributed by atoms with Crippen LogP contribution in [0.3, 0.4) is 0 Å². The highest BCUT2D eigenvalue weighted by Gasteiger charge is 2.14. The number of rotatable bonds is 7. The molecule has 0 saturated carbocycles. The quantitative estimate of drug-likeness (QED) is 0.164. The van der Waals surface area contributed by atoms with Crippen molar-refractivity contribution >= 4 is 45.1 Å².